The fourth-order valence-corrected chi connectivity index (χ4v) is 2.41. The van der Waals surface area contributed by atoms with Crippen LogP contribution >= 0.6 is 22.6 Å². The van der Waals surface area contributed by atoms with E-state index in [4.69, 9.17) is 9.47 Å². The van der Waals surface area contributed by atoms with E-state index in [1.165, 1.54) is 6.42 Å². The summed E-state index contributed by atoms with van der Waals surface area (Å²) in [7, 11) is 0. The minimum Gasteiger partial charge on any atom is -0.459 e. The Hall–Kier alpha value is -1.11. The summed E-state index contributed by atoms with van der Waals surface area (Å²) in [6.07, 6.45) is 5.44. The third kappa shape index (κ3) is 4.49. The minimum absolute atomic E-state index is 0.0492. The number of esters is 1. The lowest BCUT2D eigenvalue weighted by Crippen LogP contribution is -2.20. The summed E-state index contributed by atoms with van der Waals surface area (Å²) < 4.78 is 9.94. The molecule has 0 atom stereocenters. The molecule has 19 heavy (non-hydrogen) atoms. The average molecular weight is 374 g/mol. The summed E-state index contributed by atoms with van der Waals surface area (Å²) in [5, 5.41) is 0. The lowest BCUT2D eigenvalue weighted by atomic mass is 9.98. The molecular formula is C14H15IO4. The Bertz CT molecular complexity index is 449. The molecule has 0 unspecified atom stereocenters. The molecule has 0 aliphatic heterocycles. The van der Waals surface area contributed by atoms with Crippen LogP contribution in [0, 0.1) is 0 Å². The predicted octanol–water partition coefficient (Wildman–Crippen LogP) is 4.11. The van der Waals surface area contributed by atoms with Crippen LogP contribution in [-0.4, -0.2) is 16.0 Å². The van der Waals surface area contributed by atoms with E-state index in [0.717, 1.165) is 25.7 Å². The number of benzene rings is 1. The largest absolute Gasteiger partial charge is 0.459 e. The number of hydrogen-bond donors (Lipinski definition) is 0. The second-order valence-electron chi connectivity index (χ2n) is 4.53. The molecule has 0 saturated heterocycles. The number of hydrogen-bond acceptors (Lipinski definition) is 4. The molecule has 0 radical (unpaired) electrons. The Balaban J connectivity index is 1.93. The molecule has 1 aromatic rings. The second-order valence-corrected chi connectivity index (χ2v) is 5.41. The molecule has 0 N–H and O–H groups in total. The van der Waals surface area contributed by atoms with Crippen molar-refractivity contribution < 1.29 is 19.1 Å². The lowest BCUT2D eigenvalue weighted by Gasteiger charge is -2.21. The first-order valence-electron chi connectivity index (χ1n) is 6.33. The van der Waals surface area contributed by atoms with E-state index in [-0.39, 0.29) is 12.1 Å². The first kappa shape index (κ1) is 14.3. The van der Waals surface area contributed by atoms with Crippen LogP contribution in [-0.2, 0) is 4.74 Å². The maximum absolute atomic E-state index is 11.9. The van der Waals surface area contributed by atoms with E-state index < -0.39 is 3.98 Å². The normalized spacial score (nSPS) is 15.8. The number of ether oxygens (including phenoxy) is 2. The molecule has 1 saturated carbocycles. The standard InChI is InChI=1S/C14H15IO4/c15-14(17)19-12-8-6-10(7-9-12)13(16)18-11-4-2-1-3-5-11/h6-9,11H,1-5H2. The Morgan fingerprint density at radius 3 is 2.26 bits per heavy atom. The van der Waals surface area contributed by atoms with Crippen molar-refractivity contribution >= 4 is 32.5 Å². The third-order valence-corrected chi connectivity index (χ3v) is 3.33. The summed E-state index contributed by atoms with van der Waals surface area (Å²) in [6.45, 7) is 0. The highest BCUT2D eigenvalue weighted by Crippen LogP contribution is 2.22. The average Bonchev–Trinajstić information content (AvgIpc) is 2.40. The van der Waals surface area contributed by atoms with Gasteiger partial charge < -0.3 is 9.47 Å². The molecule has 1 aliphatic carbocycles. The SMILES string of the molecule is O=C(I)Oc1ccc(C(=O)OC2CCCCC2)cc1. The number of carbonyl (C=O) groups is 2. The summed E-state index contributed by atoms with van der Waals surface area (Å²) >= 11 is 1.55. The summed E-state index contributed by atoms with van der Waals surface area (Å²) in [6, 6.07) is 6.40. The number of halogens is 1. The molecule has 5 heteroatoms. The molecular weight excluding hydrogens is 359 g/mol. The van der Waals surface area contributed by atoms with Crippen molar-refractivity contribution in [3.8, 4) is 5.75 Å². The predicted molar refractivity (Wildman–Crippen MR) is 78.8 cm³/mol. The van der Waals surface area contributed by atoms with Gasteiger partial charge in [-0.1, -0.05) is 6.42 Å². The van der Waals surface area contributed by atoms with Crippen LogP contribution in [0.15, 0.2) is 24.3 Å². The number of carbonyl (C=O) groups excluding carboxylic acids is 2. The highest BCUT2D eigenvalue weighted by Gasteiger charge is 2.18. The van der Waals surface area contributed by atoms with Gasteiger partial charge in [0.2, 0.25) is 0 Å². The van der Waals surface area contributed by atoms with Crippen LogP contribution in [0.4, 0.5) is 4.79 Å². The van der Waals surface area contributed by atoms with Crippen LogP contribution in [0.1, 0.15) is 42.5 Å². The zero-order valence-electron chi connectivity index (χ0n) is 10.4. The van der Waals surface area contributed by atoms with E-state index >= 15 is 0 Å². The molecule has 0 bridgehead atoms. The van der Waals surface area contributed by atoms with Crippen molar-refractivity contribution in [1.82, 2.24) is 0 Å². The van der Waals surface area contributed by atoms with Crippen molar-refractivity contribution in [3.05, 3.63) is 29.8 Å². The van der Waals surface area contributed by atoms with Crippen molar-refractivity contribution in [3.63, 3.8) is 0 Å². The molecule has 0 aromatic heterocycles. The van der Waals surface area contributed by atoms with Gasteiger partial charge in [-0.15, -0.1) is 0 Å². The van der Waals surface area contributed by atoms with E-state index in [1.54, 1.807) is 46.9 Å². The molecule has 0 heterocycles. The van der Waals surface area contributed by atoms with Crippen LogP contribution in [0.3, 0.4) is 0 Å². The minimum atomic E-state index is -0.407. The highest BCUT2D eigenvalue weighted by molar-refractivity contribution is 14.1. The first-order chi connectivity index (χ1) is 9.15. The molecule has 102 valence electrons. The number of rotatable bonds is 3. The van der Waals surface area contributed by atoms with Gasteiger partial charge in [0.1, 0.15) is 11.9 Å². The van der Waals surface area contributed by atoms with Gasteiger partial charge in [0, 0.05) is 0 Å². The molecule has 1 fully saturated rings. The van der Waals surface area contributed by atoms with Crippen LogP contribution < -0.4 is 4.74 Å². The van der Waals surface area contributed by atoms with Gasteiger partial charge in [-0.3, -0.25) is 0 Å². The maximum atomic E-state index is 11.9. The van der Waals surface area contributed by atoms with E-state index in [9.17, 15) is 9.59 Å². The fourth-order valence-electron chi connectivity index (χ4n) is 2.15. The van der Waals surface area contributed by atoms with Gasteiger partial charge in [-0.05, 0) is 49.9 Å². The summed E-state index contributed by atoms with van der Waals surface area (Å²) in [5.41, 5.74) is 0.485. The van der Waals surface area contributed by atoms with Gasteiger partial charge in [0.15, 0.2) is 0 Å². The summed E-state index contributed by atoms with van der Waals surface area (Å²) in [4.78, 5) is 22.7. The van der Waals surface area contributed by atoms with Gasteiger partial charge in [-0.25, -0.2) is 9.59 Å². The topological polar surface area (TPSA) is 52.6 Å². The van der Waals surface area contributed by atoms with Crippen molar-refractivity contribution in [2.45, 2.75) is 38.2 Å². The van der Waals surface area contributed by atoms with Crippen LogP contribution in [0.25, 0.3) is 0 Å². The van der Waals surface area contributed by atoms with Crippen molar-refractivity contribution in [2.75, 3.05) is 0 Å². The zero-order valence-corrected chi connectivity index (χ0v) is 12.6. The lowest BCUT2D eigenvalue weighted by molar-refractivity contribution is 0.0211. The highest BCUT2D eigenvalue weighted by atomic mass is 127. The van der Waals surface area contributed by atoms with Crippen molar-refractivity contribution in [1.29, 1.82) is 0 Å². The molecule has 1 aromatic carbocycles. The smallest absolute Gasteiger partial charge is 0.372 e. The van der Waals surface area contributed by atoms with E-state index in [2.05, 4.69) is 0 Å². The Kier molecular flexibility index (Phi) is 5.18. The second kappa shape index (κ2) is 6.88. The molecule has 4 nitrogen and oxygen atoms in total. The monoisotopic (exact) mass is 374 g/mol. The van der Waals surface area contributed by atoms with Crippen LogP contribution in [0.2, 0.25) is 0 Å². The molecule has 0 spiro atoms. The third-order valence-electron chi connectivity index (χ3n) is 3.11. The van der Waals surface area contributed by atoms with Crippen LogP contribution in [0.5, 0.6) is 5.75 Å². The molecule has 2 rings (SSSR count). The Labute approximate surface area is 125 Å². The van der Waals surface area contributed by atoms with E-state index in [0.29, 0.717) is 11.3 Å². The Morgan fingerprint density at radius 2 is 1.68 bits per heavy atom. The quantitative estimate of drug-likeness (QED) is 0.454. The summed E-state index contributed by atoms with van der Waals surface area (Å²) in [5.74, 6) is 0.118. The van der Waals surface area contributed by atoms with Gasteiger partial charge in [0.05, 0.1) is 28.2 Å². The van der Waals surface area contributed by atoms with Gasteiger partial charge in [0.25, 0.3) is 0 Å². The molecule has 1 aliphatic rings. The molecule has 0 amide bonds. The first-order valence-corrected chi connectivity index (χ1v) is 7.41. The Morgan fingerprint density at radius 1 is 1.05 bits per heavy atom. The van der Waals surface area contributed by atoms with Gasteiger partial charge >= 0.3 is 9.95 Å². The van der Waals surface area contributed by atoms with Gasteiger partial charge in [-0.2, -0.15) is 0 Å². The zero-order chi connectivity index (χ0) is 13.7. The van der Waals surface area contributed by atoms with E-state index in [1.807, 2.05) is 0 Å². The van der Waals surface area contributed by atoms with Crippen molar-refractivity contribution in [2.24, 2.45) is 0 Å². The fraction of sp³-hybridized carbons (Fsp3) is 0.429. The maximum Gasteiger partial charge on any atom is 0.372 e.